The van der Waals surface area contributed by atoms with Crippen LogP contribution in [0.2, 0.25) is 5.02 Å². The number of benzene rings is 1. The monoisotopic (exact) mass is 288 g/mol. The van der Waals surface area contributed by atoms with Crippen LogP contribution in [0.4, 0.5) is 5.82 Å². The van der Waals surface area contributed by atoms with E-state index >= 15 is 0 Å². The van der Waals surface area contributed by atoms with Crippen molar-refractivity contribution in [2.45, 2.75) is 18.9 Å². The first kappa shape index (κ1) is 13.3. The molecule has 5 heteroatoms. The summed E-state index contributed by atoms with van der Waals surface area (Å²) < 4.78 is 0. The smallest absolute Gasteiger partial charge is 0.151 e. The fraction of sp³-hybridized carbons (Fsp3) is 0.333. The Balaban J connectivity index is 1.83. The van der Waals surface area contributed by atoms with Crippen molar-refractivity contribution < 1.29 is 0 Å². The summed E-state index contributed by atoms with van der Waals surface area (Å²) in [5.74, 6) is 0.885. The first-order valence-electron chi connectivity index (χ1n) is 6.83. The Bertz CT molecular complexity index is 585. The number of aromatic nitrogens is 2. The molecule has 1 aromatic heterocycles. The van der Waals surface area contributed by atoms with Crippen molar-refractivity contribution in [3.05, 3.63) is 41.4 Å². The van der Waals surface area contributed by atoms with Crippen LogP contribution in [0.1, 0.15) is 12.8 Å². The minimum Gasteiger partial charge on any atom is -0.354 e. The molecule has 3 rings (SSSR count). The zero-order valence-corrected chi connectivity index (χ0v) is 11.9. The van der Waals surface area contributed by atoms with Crippen molar-refractivity contribution in [1.29, 1.82) is 0 Å². The van der Waals surface area contributed by atoms with E-state index in [0.717, 1.165) is 43.0 Å². The van der Waals surface area contributed by atoms with Crippen molar-refractivity contribution in [1.82, 2.24) is 10.2 Å². The predicted molar refractivity (Wildman–Crippen MR) is 81.9 cm³/mol. The van der Waals surface area contributed by atoms with Crippen LogP contribution in [0.15, 0.2) is 36.4 Å². The molecule has 1 atom stereocenters. The molecule has 0 saturated carbocycles. The lowest BCUT2D eigenvalue weighted by atomic mass is 10.1. The van der Waals surface area contributed by atoms with Crippen molar-refractivity contribution in [3.63, 3.8) is 0 Å². The van der Waals surface area contributed by atoms with Crippen LogP contribution in [0.5, 0.6) is 0 Å². The fourth-order valence-electron chi connectivity index (χ4n) is 2.52. The van der Waals surface area contributed by atoms with Crippen molar-refractivity contribution in [2.75, 3.05) is 18.0 Å². The molecule has 1 aliphatic rings. The molecule has 0 radical (unpaired) electrons. The summed E-state index contributed by atoms with van der Waals surface area (Å²) in [5, 5.41) is 9.30. The summed E-state index contributed by atoms with van der Waals surface area (Å²) in [6.07, 6.45) is 2.19. The Labute approximate surface area is 123 Å². The standard InChI is InChI=1S/C15H17ClN4/c16-13-6-2-1-5-12(13)14-7-8-15(19-18-14)20-9-3-4-11(17)10-20/h1-2,5-8,11H,3-4,9-10,17H2. The SMILES string of the molecule is NC1CCCN(c2ccc(-c3ccccc3Cl)nn2)C1. The maximum Gasteiger partial charge on any atom is 0.151 e. The molecule has 1 saturated heterocycles. The second-order valence-electron chi connectivity index (χ2n) is 5.10. The van der Waals surface area contributed by atoms with Gasteiger partial charge < -0.3 is 10.6 Å². The van der Waals surface area contributed by atoms with Gasteiger partial charge in [0.25, 0.3) is 0 Å². The molecule has 2 aromatic rings. The molecule has 4 nitrogen and oxygen atoms in total. The van der Waals surface area contributed by atoms with E-state index in [4.69, 9.17) is 17.3 Å². The normalized spacial score (nSPS) is 19.1. The molecular weight excluding hydrogens is 272 g/mol. The number of anilines is 1. The molecule has 0 bridgehead atoms. The molecule has 1 aliphatic heterocycles. The first-order chi connectivity index (χ1) is 9.74. The average molecular weight is 289 g/mol. The highest BCUT2D eigenvalue weighted by Gasteiger charge is 2.18. The topological polar surface area (TPSA) is 55.0 Å². The summed E-state index contributed by atoms with van der Waals surface area (Å²) in [5.41, 5.74) is 7.69. The fourth-order valence-corrected chi connectivity index (χ4v) is 2.76. The van der Waals surface area contributed by atoms with Gasteiger partial charge in [-0.25, -0.2) is 0 Å². The molecule has 0 aliphatic carbocycles. The maximum absolute atomic E-state index is 6.17. The van der Waals surface area contributed by atoms with Gasteiger partial charge in [0.1, 0.15) is 0 Å². The third-order valence-electron chi connectivity index (χ3n) is 3.58. The van der Waals surface area contributed by atoms with E-state index in [1.54, 1.807) is 0 Å². The highest BCUT2D eigenvalue weighted by Crippen LogP contribution is 2.26. The second-order valence-corrected chi connectivity index (χ2v) is 5.51. The van der Waals surface area contributed by atoms with Gasteiger partial charge in [-0.2, -0.15) is 0 Å². The lowest BCUT2D eigenvalue weighted by Crippen LogP contribution is -2.43. The Hall–Kier alpha value is -1.65. The van der Waals surface area contributed by atoms with Crippen LogP contribution < -0.4 is 10.6 Å². The average Bonchev–Trinajstić information content (AvgIpc) is 2.48. The van der Waals surface area contributed by atoms with E-state index in [1.165, 1.54) is 0 Å². The van der Waals surface area contributed by atoms with Crippen LogP contribution in [0.25, 0.3) is 11.3 Å². The number of nitrogens with zero attached hydrogens (tertiary/aromatic N) is 3. The third-order valence-corrected chi connectivity index (χ3v) is 3.91. The summed E-state index contributed by atoms with van der Waals surface area (Å²) >= 11 is 6.17. The van der Waals surface area contributed by atoms with Gasteiger partial charge in [0, 0.05) is 24.7 Å². The van der Waals surface area contributed by atoms with E-state index in [0.29, 0.717) is 5.02 Å². The highest BCUT2D eigenvalue weighted by atomic mass is 35.5. The van der Waals surface area contributed by atoms with Crippen LogP contribution in [-0.4, -0.2) is 29.3 Å². The molecule has 1 fully saturated rings. The lowest BCUT2D eigenvalue weighted by Gasteiger charge is -2.31. The van der Waals surface area contributed by atoms with Crippen molar-refractivity contribution >= 4 is 17.4 Å². The first-order valence-corrected chi connectivity index (χ1v) is 7.21. The highest BCUT2D eigenvalue weighted by molar-refractivity contribution is 6.33. The van der Waals surface area contributed by atoms with Crippen LogP contribution in [0, 0.1) is 0 Å². The van der Waals surface area contributed by atoms with Crippen LogP contribution in [-0.2, 0) is 0 Å². The van der Waals surface area contributed by atoms with Gasteiger partial charge in [-0.3, -0.25) is 0 Å². The Morgan fingerprint density at radius 3 is 2.70 bits per heavy atom. The van der Waals surface area contributed by atoms with Gasteiger partial charge >= 0.3 is 0 Å². The summed E-state index contributed by atoms with van der Waals surface area (Å²) in [7, 11) is 0. The van der Waals surface area contributed by atoms with E-state index in [2.05, 4.69) is 15.1 Å². The van der Waals surface area contributed by atoms with Gasteiger partial charge in [-0.15, -0.1) is 10.2 Å². The van der Waals surface area contributed by atoms with Gasteiger partial charge in [-0.05, 0) is 31.0 Å². The largest absolute Gasteiger partial charge is 0.354 e. The van der Waals surface area contributed by atoms with Gasteiger partial charge in [-0.1, -0.05) is 29.8 Å². The van der Waals surface area contributed by atoms with E-state index in [9.17, 15) is 0 Å². The van der Waals surface area contributed by atoms with Gasteiger partial charge in [0.2, 0.25) is 0 Å². The zero-order valence-electron chi connectivity index (χ0n) is 11.2. The Morgan fingerprint density at radius 1 is 1.15 bits per heavy atom. The summed E-state index contributed by atoms with van der Waals surface area (Å²) in [4.78, 5) is 2.19. The minimum absolute atomic E-state index is 0.230. The molecule has 2 N–H and O–H groups in total. The van der Waals surface area contributed by atoms with Crippen molar-refractivity contribution in [2.24, 2.45) is 5.73 Å². The Morgan fingerprint density at radius 2 is 2.00 bits per heavy atom. The summed E-state index contributed by atoms with van der Waals surface area (Å²) in [6.45, 7) is 1.84. The second kappa shape index (κ2) is 5.77. The quantitative estimate of drug-likeness (QED) is 0.923. The Kier molecular flexibility index (Phi) is 3.85. The van der Waals surface area contributed by atoms with Crippen molar-refractivity contribution in [3.8, 4) is 11.3 Å². The number of piperidine rings is 1. The minimum atomic E-state index is 0.230. The molecule has 1 unspecified atom stereocenters. The maximum atomic E-state index is 6.17. The molecule has 1 aromatic carbocycles. The molecule has 104 valence electrons. The van der Waals surface area contributed by atoms with Gasteiger partial charge in [0.05, 0.1) is 10.7 Å². The number of nitrogens with two attached hydrogens (primary N) is 1. The van der Waals surface area contributed by atoms with E-state index in [1.807, 2.05) is 36.4 Å². The predicted octanol–water partition coefficient (Wildman–Crippen LogP) is 2.72. The van der Waals surface area contributed by atoms with Gasteiger partial charge in [0.15, 0.2) is 5.82 Å². The van der Waals surface area contributed by atoms with Crippen LogP contribution in [0.3, 0.4) is 0 Å². The lowest BCUT2D eigenvalue weighted by molar-refractivity contribution is 0.502. The molecule has 0 spiro atoms. The zero-order chi connectivity index (χ0) is 13.9. The molecular formula is C15H17ClN4. The number of hydrogen-bond acceptors (Lipinski definition) is 4. The van der Waals surface area contributed by atoms with Crippen LogP contribution >= 0.6 is 11.6 Å². The summed E-state index contributed by atoms with van der Waals surface area (Å²) in [6, 6.07) is 11.8. The molecule has 2 heterocycles. The number of hydrogen-bond donors (Lipinski definition) is 1. The molecule has 20 heavy (non-hydrogen) atoms. The van der Waals surface area contributed by atoms with E-state index < -0.39 is 0 Å². The number of rotatable bonds is 2. The third kappa shape index (κ3) is 2.76. The number of halogens is 1. The molecule has 0 amide bonds. The van der Waals surface area contributed by atoms with E-state index in [-0.39, 0.29) is 6.04 Å².